The normalized spacial score (nSPS) is 33.6. The van der Waals surface area contributed by atoms with Gasteiger partial charge in [0.2, 0.25) is 11.8 Å². The van der Waals surface area contributed by atoms with Crippen LogP contribution in [0.5, 0.6) is 0 Å². The van der Waals surface area contributed by atoms with E-state index in [4.69, 9.17) is 9.47 Å². The second kappa shape index (κ2) is 6.29. The molecule has 0 aromatic carbocycles. The van der Waals surface area contributed by atoms with Crippen molar-refractivity contribution in [1.29, 1.82) is 0 Å². The minimum atomic E-state index is -1.04. The van der Waals surface area contributed by atoms with Gasteiger partial charge in [-0.15, -0.1) is 0 Å². The first-order valence-electron chi connectivity index (χ1n) is 8.23. The van der Waals surface area contributed by atoms with Gasteiger partial charge in [-0.25, -0.2) is 0 Å². The van der Waals surface area contributed by atoms with Gasteiger partial charge < -0.3 is 9.47 Å². The molecule has 7 heteroatoms. The number of cyclic esters (lactones) is 1. The smallest absolute Gasteiger partial charge is 0.320 e. The first kappa shape index (κ1) is 16.0. The predicted octanol–water partition coefficient (Wildman–Crippen LogP) is 0.514. The summed E-state index contributed by atoms with van der Waals surface area (Å²) in [5, 5.41) is 0. The van der Waals surface area contributed by atoms with Crippen molar-refractivity contribution in [3.8, 4) is 0 Å². The summed E-state index contributed by atoms with van der Waals surface area (Å²) in [4.78, 5) is 49.9. The molecule has 1 aliphatic carbocycles. The van der Waals surface area contributed by atoms with E-state index in [1.807, 2.05) is 0 Å². The molecule has 0 aromatic rings. The molecule has 0 aromatic heterocycles. The molecule has 0 radical (unpaired) electrons. The molecule has 2 aliphatic heterocycles. The summed E-state index contributed by atoms with van der Waals surface area (Å²) in [5.74, 6) is -3.62. The number of esters is 2. The zero-order valence-corrected chi connectivity index (χ0v) is 13.2. The first-order valence-corrected chi connectivity index (χ1v) is 8.23. The maximum atomic E-state index is 12.5. The lowest BCUT2D eigenvalue weighted by molar-refractivity contribution is -0.157. The number of nitrogens with zero attached hydrogens (tertiary/aromatic N) is 1. The summed E-state index contributed by atoms with van der Waals surface area (Å²) < 4.78 is 9.87. The maximum absolute atomic E-state index is 12.5. The predicted molar refractivity (Wildman–Crippen MR) is 76.7 cm³/mol. The Hall–Kier alpha value is -1.92. The molecular formula is C16H21NO6. The Kier molecular flexibility index (Phi) is 4.37. The zero-order valence-electron chi connectivity index (χ0n) is 13.2. The molecule has 7 nitrogen and oxygen atoms in total. The summed E-state index contributed by atoms with van der Waals surface area (Å²) in [6.45, 7) is 1.92. The van der Waals surface area contributed by atoms with E-state index in [1.54, 1.807) is 6.92 Å². The summed E-state index contributed by atoms with van der Waals surface area (Å²) in [6, 6.07) is 0. The van der Waals surface area contributed by atoms with Crippen LogP contribution in [0.3, 0.4) is 0 Å². The molecule has 0 bridgehead atoms. The third-order valence-corrected chi connectivity index (χ3v) is 5.06. The molecule has 4 atom stereocenters. The standard InChI is InChI=1S/C16H21NO6/c1-2-22-15(20)12-9(8-23-16(12)21)7-17-13(18)10-5-3-4-6-11(10)14(17)19/h9-12H,2-8H2,1H3/t9-,10?,11?,12?/m0/s1. The topological polar surface area (TPSA) is 90.0 Å². The zero-order chi connectivity index (χ0) is 16.6. The van der Waals surface area contributed by atoms with Gasteiger partial charge in [-0.3, -0.25) is 24.1 Å². The van der Waals surface area contributed by atoms with Crippen LogP contribution in [0.4, 0.5) is 0 Å². The van der Waals surface area contributed by atoms with Crippen LogP contribution in [0.2, 0.25) is 0 Å². The monoisotopic (exact) mass is 323 g/mol. The largest absolute Gasteiger partial charge is 0.465 e. The van der Waals surface area contributed by atoms with Crippen LogP contribution in [0.1, 0.15) is 32.6 Å². The van der Waals surface area contributed by atoms with E-state index in [-0.39, 0.29) is 43.4 Å². The van der Waals surface area contributed by atoms with Crippen molar-refractivity contribution in [2.24, 2.45) is 23.7 Å². The van der Waals surface area contributed by atoms with Crippen molar-refractivity contribution in [2.75, 3.05) is 19.8 Å². The molecular weight excluding hydrogens is 302 g/mol. The third kappa shape index (κ3) is 2.72. The van der Waals surface area contributed by atoms with E-state index < -0.39 is 23.8 Å². The summed E-state index contributed by atoms with van der Waals surface area (Å²) in [5.41, 5.74) is 0. The van der Waals surface area contributed by atoms with Gasteiger partial charge in [0.25, 0.3) is 0 Å². The Morgan fingerprint density at radius 2 is 1.78 bits per heavy atom. The molecule has 3 rings (SSSR count). The molecule has 0 N–H and O–H groups in total. The average Bonchev–Trinajstić information content (AvgIpc) is 3.02. The van der Waals surface area contributed by atoms with Crippen LogP contribution in [0.25, 0.3) is 0 Å². The number of hydrogen-bond donors (Lipinski definition) is 0. The van der Waals surface area contributed by atoms with Crippen LogP contribution >= 0.6 is 0 Å². The van der Waals surface area contributed by atoms with Gasteiger partial charge in [-0.05, 0) is 19.8 Å². The van der Waals surface area contributed by atoms with E-state index >= 15 is 0 Å². The molecule has 2 amide bonds. The van der Waals surface area contributed by atoms with Crippen LogP contribution in [-0.2, 0) is 28.7 Å². The first-order chi connectivity index (χ1) is 11.0. The SMILES string of the molecule is CCOC(=O)C1C(=O)OC[C@@H]1CN1C(=O)C2CCCCC2C1=O. The highest BCUT2D eigenvalue weighted by Gasteiger charge is 2.51. The number of amides is 2. The lowest BCUT2D eigenvalue weighted by atomic mass is 9.81. The van der Waals surface area contributed by atoms with Crippen molar-refractivity contribution in [3.63, 3.8) is 0 Å². The summed E-state index contributed by atoms with van der Waals surface area (Å²) in [6.07, 6.45) is 3.41. The van der Waals surface area contributed by atoms with E-state index in [2.05, 4.69) is 0 Å². The molecule has 3 aliphatic rings. The van der Waals surface area contributed by atoms with Crippen molar-refractivity contribution >= 4 is 23.8 Å². The molecule has 23 heavy (non-hydrogen) atoms. The Morgan fingerprint density at radius 3 is 2.35 bits per heavy atom. The molecule has 0 spiro atoms. The van der Waals surface area contributed by atoms with Gasteiger partial charge in [0.05, 0.1) is 25.0 Å². The Labute approximate surface area is 134 Å². The fraction of sp³-hybridized carbons (Fsp3) is 0.750. The van der Waals surface area contributed by atoms with Gasteiger partial charge >= 0.3 is 11.9 Å². The van der Waals surface area contributed by atoms with Crippen molar-refractivity contribution < 1.29 is 28.7 Å². The van der Waals surface area contributed by atoms with Crippen LogP contribution < -0.4 is 0 Å². The van der Waals surface area contributed by atoms with Crippen LogP contribution in [-0.4, -0.2) is 48.4 Å². The summed E-state index contributed by atoms with van der Waals surface area (Å²) in [7, 11) is 0. The Balaban J connectivity index is 1.73. The second-order valence-corrected chi connectivity index (χ2v) is 6.40. The van der Waals surface area contributed by atoms with Gasteiger partial charge in [-0.2, -0.15) is 0 Å². The van der Waals surface area contributed by atoms with Gasteiger partial charge in [-0.1, -0.05) is 12.8 Å². The number of imide groups is 1. The molecule has 2 saturated heterocycles. The highest BCUT2D eigenvalue weighted by molar-refractivity contribution is 6.05. The fourth-order valence-corrected chi connectivity index (χ4v) is 3.89. The number of ether oxygens (including phenoxy) is 2. The highest BCUT2D eigenvalue weighted by Crippen LogP contribution is 2.39. The van der Waals surface area contributed by atoms with Crippen LogP contribution in [0, 0.1) is 23.7 Å². The molecule has 3 fully saturated rings. The van der Waals surface area contributed by atoms with Crippen molar-refractivity contribution in [2.45, 2.75) is 32.6 Å². The number of likely N-dealkylation sites (tertiary alicyclic amines) is 1. The molecule has 126 valence electrons. The lowest BCUT2D eigenvalue weighted by Gasteiger charge is -2.20. The Morgan fingerprint density at radius 1 is 1.17 bits per heavy atom. The van der Waals surface area contributed by atoms with Gasteiger partial charge in [0.1, 0.15) is 0 Å². The van der Waals surface area contributed by atoms with E-state index in [0.29, 0.717) is 0 Å². The van der Waals surface area contributed by atoms with Gasteiger partial charge in [0.15, 0.2) is 5.92 Å². The van der Waals surface area contributed by atoms with Crippen molar-refractivity contribution in [1.82, 2.24) is 4.90 Å². The van der Waals surface area contributed by atoms with Gasteiger partial charge in [0, 0.05) is 12.5 Å². The van der Waals surface area contributed by atoms with E-state index in [1.165, 1.54) is 4.90 Å². The third-order valence-electron chi connectivity index (χ3n) is 5.06. The molecule has 3 unspecified atom stereocenters. The number of carbonyl (C=O) groups excluding carboxylic acids is 4. The maximum Gasteiger partial charge on any atom is 0.320 e. The molecule has 2 heterocycles. The average molecular weight is 323 g/mol. The molecule has 1 saturated carbocycles. The fourth-order valence-electron chi connectivity index (χ4n) is 3.89. The summed E-state index contributed by atoms with van der Waals surface area (Å²) >= 11 is 0. The quantitative estimate of drug-likeness (QED) is 0.425. The minimum absolute atomic E-state index is 0.0364. The minimum Gasteiger partial charge on any atom is -0.465 e. The van der Waals surface area contributed by atoms with Crippen molar-refractivity contribution in [3.05, 3.63) is 0 Å². The highest BCUT2D eigenvalue weighted by atomic mass is 16.6. The number of hydrogen-bond acceptors (Lipinski definition) is 6. The lowest BCUT2D eigenvalue weighted by Crippen LogP contribution is -2.40. The van der Waals surface area contributed by atoms with E-state index in [9.17, 15) is 19.2 Å². The second-order valence-electron chi connectivity index (χ2n) is 6.40. The van der Waals surface area contributed by atoms with E-state index in [0.717, 1.165) is 25.7 Å². The number of carbonyl (C=O) groups is 4. The number of rotatable bonds is 4. The number of fused-ring (bicyclic) bond motifs is 1. The Bertz CT molecular complexity index is 521. The van der Waals surface area contributed by atoms with Crippen LogP contribution in [0.15, 0.2) is 0 Å².